The van der Waals surface area contributed by atoms with Gasteiger partial charge in [0.25, 0.3) is 0 Å². The average Bonchev–Trinajstić information content (AvgIpc) is 2.54. The normalized spacial score (nSPS) is 11.1. The van der Waals surface area contributed by atoms with Crippen LogP contribution in [0.1, 0.15) is 16.7 Å². The number of methoxy groups -OCH3 is 1. The predicted molar refractivity (Wildman–Crippen MR) is 87.0 cm³/mol. The Kier molecular flexibility index (Phi) is 5.51. The Bertz CT molecular complexity index is 892. The number of primary sulfonamides is 1. The van der Waals surface area contributed by atoms with Crippen LogP contribution in [0.3, 0.4) is 0 Å². The zero-order valence-electron chi connectivity index (χ0n) is 12.9. The van der Waals surface area contributed by atoms with Crippen molar-refractivity contribution in [3.8, 4) is 6.07 Å². The van der Waals surface area contributed by atoms with Gasteiger partial charge in [-0.2, -0.15) is 5.26 Å². The molecule has 2 aromatic rings. The van der Waals surface area contributed by atoms with Crippen LogP contribution < -0.4 is 10.5 Å². The molecule has 0 fully saturated rings. The third-order valence-electron chi connectivity index (χ3n) is 3.33. The topological polar surface area (TPSA) is 105 Å². The second-order valence-electron chi connectivity index (χ2n) is 5.08. The number of nitriles is 1. The molecule has 0 unspecified atom stereocenters. The summed E-state index contributed by atoms with van der Waals surface area (Å²) in [4.78, 5) is -0.131. The molecular formula is C16H16FN3O3S. The van der Waals surface area contributed by atoms with Crippen LogP contribution in [-0.4, -0.2) is 15.5 Å². The summed E-state index contributed by atoms with van der Waals surface area (Å²) in [6.45, 7) is 0.493. The summed E-state index contributed by atoms with van der Waals surface area (Å²) in [5, 5.41) is 17.2. The van der Waals surface area contributed by atoms with Crippen LogP contribution in [0.4, 0.5) is 10.1 Å². The van der Waals surface area contributed by atoms with Crippen LogP contribution in [-0.2, 0) is 27.9 Å². The van der Waals surface area contributed by atoms with Gasteiger partial charge in [-0.05, 0) is 35.9 Å². The zero-order chi connectivity index (χ0) is 17.7. The Labute approximate surface area is 139 Å². The van der Waals surface area contributed by atoms with Gasteiger partial charge < -0.3 is 10.1 Å². The van der Waals surface area contributed by atoms with E-state index in [0.717, 1.165) is 5.56 Å². The fraction of sp³-hybridized carbons (Fsp3) is 0.188. The van der Waals surface area contributed by atoms with Crippen LogP contribution in [0.2, 0.25) is 0 Å². The first kappa shape index (κ1) is 17.9. The van der Waals surface area contributed by atoms with E-state index in [0.29, 0.717) is 17.8 Å². The lowest BCUT2D eigenvalue weighted by atomic mass is 10.1. The van der Waals surface area contributed by atoms with Crippen molar-refractivity contribution in [3.63, 3.8) is 0 Å². The number of benzene rings is 2. The third-order valence-corrected chi connectivity index (χ3v) is 4.24. The van der Waals surface area contributed by atoms with E-state index in [-0.39, 0.29) is 22.9 Å². The summed E-state index contributed by atoms with van der Waals surface area (Å²) < 4.78 is 41.2. The van der Waals surface area contributed by atoms with Gasteiger partial charge in [0.2, 0.25) is 10.0 Å². The number of nitrogens with two attached hydrogens (primary N) is 1. The first-order valence-corrected chi connectivity index (χ1v) is 8.47. The van der Waals surface area contributed by atoms with Gasteiger partial charge >= 0.3 is 0 Å². The summed E-state index contributed by atoms with van der Waals surface area (Å²) in [5.41, 5.74) is 1.84. The molecule has 0 heterocycles. The first-order valence-electron chi connectivity index (χ1n) is 6.92. The molecule has 24 heavy (non-hydrogen) atoms. The molecule has 0 aromatic heterocycles. The van der Waals surface area contributed by atoms with Crippen molar-refractivity contribution in [3.05, 3.63) is 58.9 Å². The monoisotopic (exact) mass is 349 g/mol. The van der Waals surface area contributed by atoms with Crippen molar-refractivity contribution < 1.29 is 17.5 Å². The Morgan fingerprint density at radius 1 is 1.29 bits per heavy atom. The zero-order valence-corrected chi connectivity index (χ0v) is 13.7. The molecule has 0 aliphatic rings. The standard InChI is InChI=1S/C16H16FN3O3S/c1-23-10-13-6-11(2-4-15(13)17)9-20-16-5-3-14(24(19,21)22)7-12(16)8-18/h2-7,20H,9-10H2,1H3,(H2,19,21,22). The Hall–Kier alpha value is -2.47. The molecule has 0 saturated carbocycles. The van der Waals surface area contributed by atoms with Gasteiger partial charge in [-0.25, -0.2) is 17.9 Å². The van der Waals surface area contributed by atoms with Crippen molar-refractivity contribution in [1.29, 1.82) is 5.26 Å². The van der Waals surface area contributed by atoms with Gasteiger partial charge in [-0.1, -0.05) is 6.07 Å². The molecule has 0 spiro atoms. The predicted octanol–water partition coefficient (Wildman–Crippen LogP) is 2.10. The number of hydrogen-bond acceptors (Lipinski definition) is 5. The van der Waals surface area contributed by atoms with Gasteiger partial charge in [0.15, 0.2) is 0 Å². The molecule has 0 aliphatic carbocycles. The molecule has 0 atom stereocenters. The third kappa shape index (κ3) is 4.29. The van der Waals surface area contributed by atoms with Crippen LogP contribution >= 0.6 is 0 Å². The molecule has 3 N–H and O–H groups in total. The maximum Gasteiger partial charge on any atom is 0.238 e. The molecule has 0 bridgehead atoms. The van der Waals surface area contributed by atoms with Crippen molar-refractivity contribution in [2.45, 2.75) is 18.0 Å². The molecule has 2 aromatic carbocycles. The molecule has 6 nitrogen and oxygen atoms in total. The van der Waals surface area contributed by atoms with E-state index in [2.05, 4.69) is 5.32 Å². The molecule has 0 saturated heterocycles. The van der Waals surface area contributed by atoms with E-state index >= 15 is 0 Å². The fourth-order valence-corrected chi connectivity index (χ4v) is 2.69. The average molecular weight is 349 g/mol. The highest BCUT2D eigenvalue weighted by Crippen LogP contribution is 2.20. The lowest BCUT2D eigenvalue weighted by molar-refractivity contribution is 0.181. The van der Waals surface area contributed by atoms with Crippen molar-refractivity contribution in [2.24, 2.45) is 5.14 Å². The van der Waals surface area contributed by atoms with Gasteiger partial charge in [0.1, 0.15) is 11.9 Å². The number of anilines is 1. The van der Waals surface area contributed by atoms with E-state index in [1.54, 1.807) is 12.1 Å². The Balaban J connectivity index is 2.21. The van der Waals surface area contributed by atoms with E-state index in [9.17, 15) is 12.8 Å². The number of ether oxygens (including phenoxy) is 1. The van der Waals surface area contributed by atoms with Gasteiger partial charge in [-0.15, -0.1) is 0 Å². The number of nitrogens with zero attached hydrogens (tertiary/aromatic N) is 1. The van der Waals surface area contributed by atoms with Crippen molar-refractivity contribution in [2.75, 3.05) is 12.4 Å². The highest BCUT2D eigenvalue weighted by Gasteiger charge is 2.11. The van der Waals surface area contributed by atoms with Gasteiger partial charge in [0.05, 0.1) is 22.8 Å². The highest BCUT2D eigenvalue weighted by atomic mass is 32.2. The molecule has 8 heteroatoms. The number of nitrogens with one attached hydrogen (secondary N) is 1. The quantitative estimate of drug-likeness (QED) is 0.831. The van der Waals surface area contributed by atoms with Crippen molar-refractivity contribution >= 4 is 15.7 Å². The fourth-order valence-electron chi connectivity index (χ4n) is 2.15. The maximum absolute atomic E-state index is 13.6. The van der Waals surface area contributed by atoms with E-state index in [1.807, 2.05) is 6.07 Å². The largest absolute Gasteiger partial charge is 0.380 e. The van der Waals surface area contributed by atoms with Crippen molar-refractivity contribution in [1.82, 2.24) is 0 Å². The summed E-state index contributed by atoms with van der Waals surface area (Å²) >= 11 is 0. The summed E-state index contributed by atoms with van der Waals surface area (Å²) in [6.07, 6.45) is 0. The second-order valence-corrected chi connectivity index (χ2v) is 6.64. The van der Waals surface area contributed by atoms with Crippen LogP contribution in [0.25, 0.3) is 0 Å². The Morgan fingerprint density at radius 2 is 2.04 bits per heavy atom. The molecule has 2 rings (SSSR count). The van der Waals surface area contributed by atoms with Crippen LogP contribution in [0.5, 0.6) is 0 Å². The lowest BCUT2D eigenvalue weighted by Gasteiger charge is -2.11. The number of sulfonamides is 1. The number of hydrogen-bond donors (Lipinski definition) is 2. The smallest absolute Gasteiger partial charge is 0.238 e. The van der Waals surface area contributed by atoms with Gasteiger partial charge in [-0.3, -0.25) is 0 Å². The van der Waals surface area contributed by atoms with Crippen LogP contribution in [0, 0.1) is 17.1 Å². The minimum atomic E-state index is -3.87. The number of halogens is 1. The molecule has 0 aliphatic heterocycles. The first-order chi connectivity index (χ1) is 11.3. The molecular weight excluding hydrogens is 333 g/mol. The highest BCUT2D eigenvalue weighted by molar-refractivity contribution is 7.89. The van der Waals surface area contributed by atoms with E-state index < -0.39 is 10.0 Å². The Morgan fingerprint density at radius 3 is 2.67 bits per heavy atom. The molecule has 126 valence electrons. The van der Waals surface area contributed by atoms with E-state index in [1.165, 1.54) is 31.4 Å². The summed E-state index contributed by atoms with van der Waals surface area (Å²) in [6, 6.07) is 10.5. The van der Waals surface area contributed by atoms with E-state index in [4.69, 9.17) is 15.1 Å². The van der Waals surface area contributed by atoms with Gasteiger partial charge in [0, 0.05) is 19.2 Å². The van der Waals surface area contributed by atoms with Crippen LogP contribution in [0.15, 0.2) is 41.3 Å². The summed E-state index contributed by atoms with van der Waals surface area (Å²) in [7, 11) is -2.39. The molecule has 0 radical (unpaired) electrons. The lowest BCUT2D eigenvalue weighted by Crippen LogP contribution is -2.12. The minimum absolute atomic E-state index is 0.131. The second kappa shape index (κ2) is 7.40. The summed E-state index contributed by atoms with van der Waals surface area (Å²) in [5.74, 6) is -0.351. The molecule has 0 amide bonds. The minimum Gasteiger partial charge on any atom is -0.380 e. The number of rotatable bonds is 6. The SMILES string of the molecule is COCc1cc(CNc2ccc(S(N)(=O)=O)cc2C#N)ccc1F. The maximum atomic E-state index is 13.6.